The van der Waals surface area contributed by atoms with Gasteiger partial charge in [0.15, 0.2) is 0 Å². The normalized spacial score (nSPS) is 10.3. The molecule has 0 spiro atoms. The van der Waals surface area contributed by atoms with Crippen LogP contribution in [0.3, 0.4) is 0 Å². The number of ether oxygens (including phenoxy) is 1. The molecule has 0 unspecified atom stereocenters. The summed E-state index contributed by atoms with van der Waals surface area (Å²) in [6, 6.07) is 17.1. The SMILES string of the molecule is CCOc1ccccc1Nc1ccc(NC(=O)Cc2cccc(F)c2)cn1. The quantitative estimate of drug-likeness (QED) is 0.645. The highest BCUT2D eigenvalue weighted by molar-refractivity contribution is 5.92. The number of halogens is 1. The molecule has 0 bridgehead atoms. The summed E-state index contributed by atoms with van der Waals surface area (Å²) in [5, 5.41) is 5.95. The zero-order valence-corrected chi connectivity index (χ0v) is 14.9. The molecule has 3 aromatic rings. The minimum Gasteiger partial charge on any atom is -0.492 e. The molecule has 1 aromatic heterocycles. The molecular formula is C21H20FN3O2. The third-order valence-corrected chi connectivity index (χ3v) is 3.75. The van der Waals surface area contributed by atoms with Crippen LogP contribution < -0.4 is 15.4 Å². The number of anilines is 3. The van der Waals surface area contributed by atoms with Gasteiger partial charge in [0.05, 0.1) is 30.6 Å². The molecule has 3 rings (SSSR count). The van der Waals surface area contributed by atoms with E-state index in [1.165, 1.54) is 12.1 Å². The molecule has 0 aliphatic carbocycles. The summed E-state index contributed by atoms with van der Waals surface area (Å²) in [6.07, 6.45) is 1.66. The first-order valence-corrected chi connectivity index (χ1v) is 8.63. The summed E-state index contributed by atoms with van der Waals surface area (Å²) in [5.74, 6) is 0.786. The summed E-state index contributed by atoms with van der Waals surface area (Å²) in [7, 11) is 0. The molecule has 0 fully saturated rings. The van der Waals surface area contributed by atoms with Crippen molar-refractivity contribution >= 4 is 23.1 Å². The molecule has 1 heterocycles. The summed E-state index contributed by atoms with van der Waals surface area (Å²) >= 11 is 0. The van der Waals surface area contributed by atoms with E-state index in [0.29, 0.717) is 23.7 Å². The van der Waals surface area contributed by atoms with Crippen LogP contribution in [-0.2, 0) is 11.2 Å². The van der Waals surface area contributed by atoms with E-state index in [1.807, 2.05) is 31.2 Å². The number of rotatable bonds is 7. The molecule has 0 aliphatic heterocycles. The van der Waals surface area contributed by atoms with Crippen molar-refractivity contribution in [1.29, 1.82) is 0 Å². The molecule has 1 amide bonds. The number of pyridine rings is 1. The van der Waals surface area contributed by atoms with Gasteiger partial charge in [-0.05, 0) is 48.9 Å². The second-order valence-electron chi connectivity index (χ2n) is 5.84. The second kappa shape index (κ2) is 8.80. The van der Waals surface area contributed by atoms with Gasteiger partial charge >= 0.3 is 0 Å². The maximum atomic E-state index is 13.2. The van der Waals surface area contributed by atoms with Crippen LogP contribution in [-0.4, -0.2) is 17.5 Å². The number of nitrogens with one attached hydrogen (secondary N) is 2. The maximum Gasteiger partial charge on any atom is 0.228 e. The van der Waals surface area contributed by atoms with Gasteiger partial charge in [-0.3, -0.25) is 4.79 Å². The second-order valence-corrected chi connectivity index (χ2v) is 5.84. The molecule has 0 radical (unpaired) electrons. The Morgan fingerprint density at radius 3 is 2.70 bits per heavy atom. The number of hydrogen-bond donors (Lipinski definition) is 2. The number of para-hydroxylation sites is 2. The fourth-order valence-corrected chi connectivity index (χ4v) is 2.57. The maximum absolute atomic E-state index is 13.2. The average Bonchev–Trinajstić information content (AvgIpc) is 2.65. The standard InChI is InChI=1S/C21H20FN3O2/c1-2-27-19-9-4-3-8-18(19)25-20-11-10-17(14-23-20)24-21(26)13-15-6-5-7-16(22)12-15/h3-12,14H,2,13H2,1H3,(H,23,25)(H,24,26). The van der Waals surface area contributed by atoms with E-state index in [2.05, 4.69) is 15.6 Å². The van der Waals surface area contributed by atoms with Gasteiger partial charge in [0, 0.05) is 0 Å². The van der Waals surface area contributed by atoms with Crippen LogP contribution in [0.5, 0.6) is 5.75 Å². The molecule has 0 saturated heterocycles. The highest BCUT2D eigenvalue weighted by atomic mass is 19.1. The fraction of sp³-hybridized carbons (Fsp3) is 0.143. The number of aromatic nitrogens is 1. The van der Waals surface area contributed by atoms with Gasteiger partial charge in [0.2, 0.25) is 5.91 Å². The summed E-state index contributed by atoms with van der Waals surface area (Å²) in [6.45, 7) is 2.50. The van der Waals surface area contributed by atoms with Gasteiger partial charge in [-0.25, -0.2) is 9.37 Å². The van der Waals surface area contributed by atoms with Crippen molar-refractivity contribution in [3.8, 4) is 5.75 Å². The van der Waals surface area contributed by atoms with Crippen LogP contribution in [0.25, 0.3) is 0 Å². The van der Waals surface area contributed by atoms with Gasteiger partial charge in [-0.1, -0.05) is 24.3 Å². The van der Waals surface area contributed by atoms with Gasteiger partial charge in [0.1, 0.15) is 17.4 Å². The molecule has 138 valence electrons. The average molecular weight is 365 g/mol. The first-order valence-electron chi connectivity index (χ1n) is 8.63. The fourth-order valence-electron chi connectivity index (χ4n) is 2.57. The van der Waals surface area contributed by atoms with E-state index >= 15 is 0 Å². The summed E-state index contributed by atoms with van der Waals surface area (Å²) in [5.41, 5.74) is 2.00. The Balaban J connectivity index is 1.61. The highest BCUT2D eigenvalue weighted by Gasteiger charge is 2.07. The Morgan fingerprint density at radius 1 is 1.11 bits per heavy atom. The minimum atomic E-state index is -0.357. The monoisotopic (exact) mass is 365 g/mol. The van der Waals surface area contributed by atoms with Crippen molar-refractivity contribution in [3.05, 3.63) is 78.2 Å². The predicted octanol–water partition coefficient (Wildman–Crippen LogP) is 4.54. The molecule has 2 N–H and O–H groups in total. The van der Waals surface area contributed by atoms with Crippen LogP contribution in [0, 0.1) is 5.82 Å². The number of nitrogens with zero attached hydrogens (tertiary/aromatic N) is 1. The van der Waals surface area contributed by atoms with E-state index in [0.717, 1.165) is 11.4 Å². The van der Waals surface area contributed by atoms with Gasteiger partial charge in [0.25, 0.3) is 0 Å². The molecule has 0 aliphatic rings. The van der Waals surface area contributed by atoms with E-state index in [-0.39, 0.29) is 18.1 Å². The lowest BCUT2D eigenvalue weighted by atomic mass is 10.1. The molecule has 27 heavy (non-hydrogen) atoms. The number of carbonyl (C=O) groups excluding carboxylic acids is 1. The van der Waals surface area contributed by atoms with Crippen LogP contribution in [0.2, 0.25) is 0 Å². The van der Waals surface area contributed by atoms with Crippen molar-refractivity contribution in [1.82, 2.24) is 4.98 Å². The first kappa shape index (κ1) is 18.4. The highest BCUT2D eigenvalue weighted by Crippen LogP contribution is 2.26. The summed E-state index contributed by atoms with van der Waals surface area (Å²) < 4.78 is 18.8. The van der Waals surface area contributed by atoms with E-state index in [9.17, 15) is 9.18 Å². The Bertz CT molecular complexity index is 913. The van der Waals surface area contributed by atoms with E-state index < -0.39 is 0 Å². The Morgan fingerprint density at radius 2 is 1.96 bits per heavy atom. The third-order valence-electron chi connectivity index (χ3n) is 3.75. The van der Waals surface area contributed by atoms with E-state index in [4.69, 9.17) is 4.74 Å². The van der Waals surface area contributed by atoms with Crippen LogP contribution in [0.4, 0.5) is 21.6 Å². The molecule has 2 aromatic carbocycles. The summed E-state index contributed by atoms with van der Waals surface area (Å²) in [4.78, 5) is 16.4. The zero-order valence-electron chi connectivity index (χ0n) is 14.9. The van der Waals surface area contributed by atoms with E-state index in [1.54, 1.807) is 30.5 Å². The van der Waals surface area contributed by atoms with Crippen molar-refractivity contribution in [2.75, 3.05) is 17.2 Å². The van der Waals surface area contributed by atoms with Crippen LogP contribution in [0.15, 0.2) is 66.9 Å². The predicted molar refractivity (Wildman–Crippen MR) is 104 cm³/mol. The minimum absolute atomic E-state index is 0.0967. The van der Waals surface area contributed by atoms with Crippen molar-refractivity contribution in [3.63, 3.8) is 0 Å². The molecule has 5 nitrogen and oxygen atoms in total. The van der Waals surface area contributed by atoms with Gasteiger partial charge in [-0.15, -0.1) is 0 Å². The molecular weight excluding hydrogens is 345 g/mol. The van der Waals surface area contributed by atoms with Gasteiger partial charge < -0.3 is 15.4 Å². The largest absolute Gasteiger partial charge is 0.492 e. The zero-order chi connectivity index (χ0) is 19.1. The number of amides is 1. The van der Waals surface area contributed by atoms with Crippen molar-refractivity contribution in [2.24, 2.45) is 0 Å². The number of carbonyl (C=O) groups is 1. The molecule has 0 atom stereocenters. The smallest absolute Gasteiger partial charge is 0.228 e. The third kappa shape index (κ3) is 5.28. The Kier molecular flexibility index (Phi) is 5.99. The Hall–Kier alpha value is -3.41. The van der Waals surface area contributed by atoms with Crippen molar-refractivity contribution < 1.29 is 13.9 Å². The number of benzene rings is 2. The topological polar surface area (TPSA) is 63.2 Å². The molecule has 6 heteroatoms. The van der Waals surface area contributed by atoms with Crippen molar-refractivity contribution in [2.45, 2.75) is 13.3 Å². The first-order chi connectivity index (χ1) is 13.1. The van der Waals surface area contributed by atoms with Crippen LogP contribution in [0.1, 0.15) is 12.5 Å². The van der Waals surface area contributed by atoms with Crippen LogP contribution >= 0.6 is 0 Å². The number of hydrogen-bond acceptors (Lipinski definition) is 4. The lowest BCUT2D eigenvalue weighted by Crippen LogP contribution is -2.14. The Labute approximate surface area is 157 Å². The van der Waals surface area contributed by atoms with Gasteiger partial charge in [-0.2, -0.15) is 0 Å². The lowest BCUT2D eigenvalue weighted by Gasteiger charge is -2.12. The lowest BCUT2D eigenvalue weighted by molar-refractivity contribution is -0.115. The molecule has 0 saturated carbocycles.